The zero-order chi connectivity index (χ0) is 18.0. The fourth-order valence-electron chi connectivity index (χ4n) is 5.67. The van der Waals surface area contributed by atoms with Crippen LogP contribution in [0.3, 0.4) is 0 Å². The molecule has 0 aliphatic heterocycles. The van der Waals surface area contributed by atoms with Crippen LogP contribution in [0.25, 0.3) is 0 Å². The summed E-state index contributed by atoms with van der Waals surface area (Å²) in [4.78, 5) is 0. The SMILES string of the molecule is CC1(C)C2CC[C@@]1(CS(=O)(=O)NC1c3ccccc3CC1O)C(O)C2. The van der Waals surface area contributed by atoms with Crippen LogP contribution in [0.2, 0.25) is 0 Å². The first-order valence-electron chi connectivity index (χ1n) is 9.10. The molecule has 6 heteroatoms. The summed E-state index contributed by atoms with van der Waals surface area (Å²) < 4.78 is 28.7. The molecule has 1 aromatic rings. The highest BCUT2D eigenvalue weighted by Crippen LogP contribution is 2.66. The van der Waals surface area contributed by atoms with Gasteiger partial charge in [0.25, 0.3) is 0 Å². The van der Waals surface area contributed by atoms with Crippen LogP contribution in [0.15, 0.2) is 24.3 Å². The van der Waals surface area contributed by atoms with Gasteiger partial charge in [-0.1, -0.05) is 38.1 Å². The molecule has 0 spiro atoms. The van der Waals surface area contributed by atoms with Crippen molar-refractivity contribution in [3.8, 4) is 0 Å². The second-order valence-electron chi connectivity index (χ2n) is 8.69. The Kier molecular flexibility index (Phi) is 3.86. The van der Waals surface area contributed by atoms with Gasteiger partial charge in [0.05, 0.1) is 24.0 Å². The molecule has 5 atom stereocenters. The van der Waals surface area contributed by atoms with Gasteiger partial charge in [-0.25, -0.2) is 13.1 Å². The lowest BCUT2D eigenvalue weighted by atomic mass is 9.70. The van der Waals surface area contributed by atoms with Gasteiger partial charge in [-0.2, -0.15) is 0 Å². The summed E-state index contributed by atoms with van der Waals surface area (Å²) in [5.74, 6) is 0.311. The third-order valence-electron chi connectivity index (χ3n) is 7.35. The molecule has 138 valence electrons. The zero-order valence-corrected chi connectivity index (χ0v) is 15.6. The molecule has 0 amide bonds. The van der Waals surface area contributed by atoms with E-state index in [0.29, 0.717) is 18.8 Å². The highest BCUT2D eigenvalue weighted by atomic mass is 32.2. The Morgan fingerprint density at radius 2 is 1.96 bits per heavy atom. The van der Waals surface area contributed by atoms with Crippen molar-refractivity contribution in [2.24, 2.45) is 16.7 Å². The van der Waals surface area contributed by atoms with Crippen LogP contribution < -0.4 is 4.72 Å². The van der Waals surface area contributed by atoms with Gasteiger partial charge < -0.3 is 10.2 Å². The zero-order valence-electron chi connectivity index (χ0n) is 14.8. The Bertz CT molecular complexity index is 790. The van der Waals surface area contributed by atoms with E-state index in [0.717, 1.165) is 24.0 Å². The molecular weight excluding hydrogens is 338 g/mol. The second-order valence-corrected chi connectivity index (χ2v) is 10.4. The quantitative estimate of drug-likeness (QED) is 0.759. The largest absolute Gasteiger partial charge is 0.392 e. The number of rotatable bonds is 4. The Morgan fingerprint density at radius 1 is 1.24 bits per heavy atom. The standard InChI is InChI=1S/C19H27NO4S/c1-18(2)13-7-8-19(18,16(22)10-13)11-25(23,24)20-17-14-6-4-3-5-12(14)9-15(17)21/h3-6,13,15-17,20-22H,7-11H2,1-2H3/t13?,15?,16?,17?,19-/m1/s1. The van der Waals surface area contributed by atoms with E-state index < -0.39 is 33.7 Å². The molecule has 5 nitrogen and oxygen atoms in total. The number of fused-ring (bicyclic) bond motifs is 3. The van der Waals surface area contributed by atoms with E-state index in [4.69, 9.17) is 0 Å². The maximum atomic E-state index is 13.0. The molecule has 1 aromatic carbocycles. The van der Waals surface area contributed by atoms with E-state index in [1.54, 1.807) is 0 Å². The first kappa shape index (κ1) is 17.5. The summed E-state index contributed by atoms with van der Waals surface area (Å²) in [6.07, 6.45) is 1.56. The van der Waals surface area contributed by atoms with Crippen molar-refractivity contribution in [3.05, 3.63) is 35.4 Å². The van der Waals surface area contributed by atoms with Crippen molar-refractivity contribution in [3.63, 3.8) is 0 Å². The van der Waals surface area contributed by atoms with Crippen molar-refractivity contribution < 1.29 is 18.6 Å². The van der Waals surface area contributed by atoms with Crippen LogP contribution in [0.1, 0.15) is 50.3 Å². The molecule has 4 rings (SSSR count). The molecule has 2 bridgehead atoms. The third kappa shape index (κ3) is 2.49. The third-order valence-corrected chi connectivity index (χ3v) is 8.85. The summed E-state index contributed by atoms with van der Waals surface area (Å²) in [5, 5.41) is 20.9. The summed E-state index contributed by atoms with van der Waals surface area (Å²) >= 11 is 0. The van der Waals surface area contributed by atoms with Crippen molar-refractivity contribution in [2.45, 2.75) is 57.8 Å². The first-order valence-corrected chi connectivity index (χ1v) is 10.8. The van der Waals surface area contributed by atoms with Crippen LogP contribution in [0.4, 0.5) is 0 Å². The Balaban J connectivity index is 1.59. The van der Waals surface area contributed by atoms with E-state index in [-0.39, 0.29) is 11.2 Å². The van der Waals surface area contributed by atoms with Gasteiger partial charge in [0.1, 0.15) is 0 Å². The van der Waals surface area contributed by atoms with Crippen molar-refractivity contribution in [1.29, 1.82) is 0 Å². The first-order chi connectivity index (χ1) is 11.7. The van der Waals surface area contributed by atoms with E-state index >= 15 is 0 Å². The van der Waals surface area contributed by atoms with Crippen molar-refractivity contribution in [2.75, 3.05) is 5.75 Å². The van der Waals surface area contributed by atoms with E-state index in [9.17, 15) is 18.6 Å². The lowest BCUT2D eigenvalue weighted by Gasteiger charge is -2.40. The fourth-order valence-corrected chi connectivity index (χ4v) is 7.81. The average molecular weight is 365 g/mol. The maximum Gasteiger partial charge on any atom is 0.212 e. The molecule has 0 saturated heterocycles. The van der Waals surface area contributed by atoms with E-state index in [2.05, 4.69) is 18.6 Å². The summed E-state index contributed by atoms with van der Waals surface area (Å²) in [6.45, 7) is 4.19. The monoisotopic (exact) mass is 365 g/mol. The Hall–Kier alpha value is -0.950. The van der Waals surface area contributed by atoms with E-state index in [1.807, 2.05) is 24.3 Å². The van der Waals surface area contributed by atoms with Crippen LogP contribution in [0, 0.1) is 16.7 Å². The molecule has 3 aliphatic carbocycles. The fraction of sp³-hybridized carbons (Fsp3) is 0.684. The lowest BCUT2D eigenvalue weighted by Crippen LogP contribution is -2.48. The topological polar surface area (TPSA) is 86.6 Å². The molecule has 25 heavy (non-hydrogen) atoms. The molecule has 0 radical (unpaired) electrons. The van der Waals surface area contributed by atoms with Gasteiger partial charge in [0, 0.05) is 11.8 Å². The smallest absolute Gasteiger partial charge is 0.212 e. The number of hydrogen-bond donors (Lipinski definition) is 3. The highest BCUT2D eigenvalue weighted by molar-refractivity contribution is 7.89. The number of sulfonamides is 1. The molecule has 3 aliphatic rings. The average Bonchev–Trinajstić information content (AvgIpc) is 3.02. The van der Waals surface area contributed by atoms with Gasteiger partial charge >= 0.3 is 0 Å². The van der Waals surface area contributed by atoms with Gasteiger partial charge in [0.2, 0.25) is 10.0 Å². The second kappa shape index (κ2) is 5.52. The Morgan fingerprint density at radius 3 is 2.60 bits per heavy atom. The summed E-state index contributed by atoms with van der Waals surface area (Å²) in [5.41, 5.74) is 1.06. The number of benzene rings is 1. The van der Waals surface area contributed by atoms with Crippen molar-refractivity contribution in [1.82, 2.24) is 4.72 Å². The molecule has 0 aromatic heterocycles. The molecule has 2 saturated carbocycles. The molecule has 2 fully saturated rings. The number of hydrogen-bond acceptors (Lipinski definition) is 4. The minimum Gasteiger partial charge on any atom is -0.392 e. The summed E-state index contributed by atoms with van der Waals surface area (Å²) in [7, 11) is -3.64. The molecular formula is C19H27NO4S. The predicted molar refractivity (Wildman–Crippen MR) is 95.4 cm³/mol. The van der Waals surface area contributed by atoms with Gasteiger partial charge in [-0.05, 0) is 41.7 Å². The molecule has 4 unspecified atom stereocenters. The Labute approximate surface area is 149 Å². The number of nitrogens with one attached hydrogen (secondary N) is 1. The van der Waals surface area contributed by atoms with Crippen LogP contribution >= 0.6 is 0 Å². The lowest BCUT2D eigenvalue weighted by molar-refractivity contribution is 0.0150. The van der Waals surface area contributed by atoms with Gasteiger partial charge in [-0.3, -0.25) is 0 Å². The summed E-state index contributed by atoms with van der Waals surface area (Å²) in [6, 6.07) is 6.96. The van der Waals surface area contributed by atoms with Gasteiger partial charge in [0.15, 0.2) is 0 Å². The predicted octanol–water partition coefficient (Wildman–Crippen LogP) is 1.75. The minimum absolute atomic E-state index is 0.0734. The highest BCUT2D eigenvalue weighted by Gasteiger charge is 2.65. The van der Waals surface area contributed by atoms with Crippen LogP contribution in [-0.4, -0.2) is 36.6 Å². The van der Waals surface area contributed by atoms with Crippen molar-refractivity contribution >= 4 is 10.0 Å². The molecule has 0 heterocycles. The number of aliphatic hydroxyl groups excluding tert-OH is 2. The van der Waals surface area contributed by atoms with Crippen LogP contribution in [-0.2, 0) is 16.4 Å². The number of aliphatic hydroxyl groups is 2. The molecule has 3 N–H and O–H groups in total. The minimum atomic E-state index is -3.64. The normalized spacial score (nSPS) is 38.9. The maximum absolute atomic E-state index is 13.0. The van der Waals surface area contributed by atoms with E-state index in [1.165, 1.54) is 0 Å². The van der Waals surface area contributed by atoms with Gasteiger partial charge in [-0.15, -0.1) is 0 Å². The van der Waals surface area contributed by atoms with Crippen LogP contribution in [0.5, 0.6) is 0 Å².